The first-order chi connectivity index (χ1) is 18.1. The third-order valence-corrected chi connectivity index (χ3v) is 7.97. The molecule has 196 valence electrons. The van der Waals surface area contributed by atoms with Crippen molar-refractivity contribution in [1.29, 1.82) is 0 Å². The highest BCUT2D eigenvalue weighted by molar-refractivity contribution is 7.92. The van der Waals surface area contributed by atoms with Crippen LogP contribution in [0.5, 0.6) is 0 Å². The number of nitrogens with one attached hydrogen (secondary N) is 1. The van der Waals surface area contributed by atoms with Gasteiger partial charge in [-0.25, -0.2) is 22.8 Å². The van der Waals surface area contributed by atoms with Crippen molar-refractivity contribution in [3.05, 3.63) is 112 Å². The van der Waals surface area contributed by atoms with Crippen molar-refractivity contribution < 1.29 is 13.2 Å². The van der Waals surface area contributed by atoms with Crippen molar-refractivity contribution in [2.45, 2.75) is 25.7 Å². The molecule has 0 saturated carbocycles. The Kier molecular flexibility index (Phi) is 7.63. The highest BCUT2D eigenvalue weighted by Crippen LogP contribution is 2.25. The molecule has 3 aromatic carbocycles. The van der Waals surface area contributed by atoms with Crippen molar-refractivity contribution in [1.82, 2.24) is 14.8 Å². The SMILES string of the molecule is C/C(=N/NC(=O)CN(c1c(C)n(C)n(-c2ccccc2)c1=O)S(=O)(=O)c1ccccc1)c1ccc(C)cc1. The lowest BCUT2D eigenvalue weighted by Crippen LogP contribution is -2.42. The maximum Gasteiger partial charge on any atom is 0.296 e. The van der Waals surface area contributed by atoms with Crippen LogP contribution in [0.15, 0.2) is 99.7 Å². The molecule has 0 atom stereocenters. The molecular weight excluding hydrogens is 502 g/mol. The number of hydrazone groups is 1. The molecular formula is C28H29N5O4S. The largest absolute Gasteiger partial charge is 0.296 e. The number of rotatable bonds is 8. The Bertz CT molecular complexity index is 1640. The lowest BCUT2D eigenvalue weighted by Gasteiger charge is -2.22. The summed E-state index contributed by atoms with van der Waals surface area (Å²) in [5.74, 6) is -0.690. The average Bonchev–Trinajstić information content (AvgIpc) is 3.14. The van der Waals surface area contributed by atoms with Gasteiger partial charge in [0.2, 0.25) is 0 Å². The van der Waals surface area contributed by atoms with Crippen molar-refractivity contribution in [2.75, 3.05) is 10.8 Å². The van der Waals surface area contributed by atoms with Gasteiger partial charge in [0.1, 0.15) is 12.2 Å². The lowest BCUT2D eigenvalue weighted by atomic mass is 10.1. The second-order valence-corrected chi connectivity index (χ2v) is 10.7. The summed E-state index contributed by atoms with van der Waals surface area (Å²) in [6, 6.07) is 24.2. The molecule has 0 fully saturated rings. The fourth-order valence-electron chi connectivity index (χ4n) is 4.02. The average molecular weight is 532 g/mol. The Balaban J connectivity index is 1.75. The molecule has 1 aromatic heterocycles. The monoisotopic (exact) mass is 531 g/mol. The first-order valence-corrected chi connectivity index (χ1v) is 13.4. The molecule has 1 N–H and O–H groups in total. The molecule has 4 aromatic rings. The molecule has 0 bridgehead atoms. The molecule has 0 aliphatic carbocycles. The van der Waals surface area contributed by atoms with E-state index < -0.39 is 28.0 Å². The van der Waals surface area contributed by atoms with Crippen LogP contribution in [0.25, 0.3) is 5.69 Å². The number of anilines is 1. The van der Waals surface area contributed by atoms with Crippen LogP contribution in [0.3, 0.4) is 0 Å². The molecule has 38 heavy (non-hydrogen) atoms. The maximum atomic E-state index is 13.8. The van der Waals surface area contributed by atoms with Gasteiger partial charge in [0.25, 0.3) is 21.5 Å². The summed E-state index contributed by atoms with van der Waals surface area (Å²) in [5, 5.41) is 4.15. The summed E-state index contributed by atoms with van der Waals surface area (Å²) in [7, 11) is -2.62. The second kappa shape index (κ2) is 10.9. The molecule has 1 heterocycles. The van der Waals surface area contributed by atoms with Crippen molar-refractivity contribution in [3.8, 4) is 5.69 Å². The van der Waals surface area contributed by atoms with Crippen LogP contribution >= 0.6 is 0 Å². The van der Waals surface area contributed by atoms with Gasteiger partial charge in [0.15, 0.2) is 0 Å². The van der Waals surface area contributed by atoms with E-state index in [0.717, 1.165) is 15.4 Å². The molecule has 0 unspecified atom stereocenters. The van der Waals surface area contributed by atoms with Crippen LogP contribution in [0.2, 0.25) is 0 Å². The number of nitrogens with zero attached hydrogens (tertiary/aromatic N) is 4. The fraction of sp³-hybridized carbons (Fsp3) is 0.179. The number of carbonyl (C=O) groups excluding carboxylic acids is 1. The van der Waals surface area contributed by atoms with E-state index in [1.54, 1.807) is 68.0 Å². The number of amides is 1. The van der Waals surface area contributed by atoms with Crippen LogP contribution < -0.4 is 15.3 Å². The summed E-state index contributed by atoms with van der Waals surface area (Å²) in [5.41, 5.74) is 5.16. The molecule has 9 nitrogen and oxygen atoms in total. The molecule has 0 radical (unpaired) electrons. The molecule has 0 spiro atoms. The normalized spacial score (nSPS) is 11.8. The quantitative estimate of drug-likeness (QED) is 0.277. The van der Waals surface area contributed by atoms with Crippen LogP contribution in [0, 0.1) is 13.8 Å². The van der Waals surface area contributed by atoms with Gasteiger partial charge in [0, 0.05) is 7.05 Å². The molecule has 4 rings (SSSR count). The van der Waals surface area contributed by atoms with Gasteiger partial charge in [-0.1, -0.05) is 66.2 Å². The van der Waals surface area contributed by atoms with Gasteiger partial charge in [-0.3, -0.25) is 14.3 Å². The molecule has 1 amide bonds. The van der Waals surface area contributed by atoms with E-state index in [1.165, 1.54) is 16.8 Å². The zero-order chi connectivity index (χ0) is 27.4. The zero-order valence-electron chi connectivity index (χ0n) is 21.6. The van der Waals surface area contributed by atoms with Crippen LogP contribution in [0.1, 0.15) is 23.7 Å². The second-order valence-electron chi connectivity index (χ2n) is 8.83. The van der Waals surface area contributed by atoms with E-state index in [0.29, 0.717) is 17.1 Å². The van der Waals surface area contributed by atoms with Gasteiger partial charge >= 0.3 is 0 Å². The zero-order valence-corrected chi connectivity index (χ0v) is 22.4. The Labute approximate surface area is 221 Å². The van der Waals surface area contributed by atoms with Crippen molar-refractivity contribution in [2.24, 2.45) is 12.1 Å². The van der Waals surface area contributed by atoms with Gasteiger partial charge in [-0.05, 0) is 50.6 Å². The number of benzene rings is 3. The predicted molar refractivity (Wildman–Crippen MR) is 148 cm³/mol. The third-order valence-electron chi connectivity index (χ3n) is 6.21. The van der Waals surface area contributed by atoms with Crippen LogP contribution in [-0.4, -0.2) is 35.9 Å². The number of hydrogen-bond donors (Lipinski definition) is 1. The minimum Gasteiger partial charge on any atom is -0.283 e. The van der Waals surface area contributed by atoms with E-state index in [-0.39, 0.29) is 10.6 Å². The molecule has 0 aliphatic heterocycles. The topological polar surface area (TPSA) is 106 Å². The van der Waals surface area contributed by atoms with Crippen LogP contribution in [0.4, 0.5) is 5.69 Å². The van der Waals surface area contributed by atoms with E-state index in [1.807, 2.05) is 37.3 Å². The Hall–Kier alpha value is -4.44. The Morgan fingerprint density at radius 2 is 1.50 bits per heavy atom. The van der Waals surface area contributed by atoms with E-state index in [9.17, 15) is 18.0 Å². The first-order valence-electron chi connectivity index (χ1n) is 11.9. The van der Waals surface area contributed by atoms with Gasteiger partial charge < -0.3 is 0 Å². The number of para-hydroxylation sites is 1. The standard InChI is InChI=1S/C28H29N5O4S/c1-20-15-17-23(18-16-20)21(2)29-30-26(34)19-32(38(36,37)25-13-9-6-10-14-25)27-22(3)31(4)33(28(27)35)24-11-7-5-8-12-24/h5-18H,19H2,1-4H3,(H,30,34)/b29-21-. The minimum atomic E-state index is -4.28. The summed E-state index contributed by atoms with van der Waals surface area (Å²) in [6.45, 7) is 4.71. The number of aromatic nitrogens is 2. The van der Waals surface area contributed by atoms with Gasteiger partial charge in [0.05, 0.1) is 22.0 Å². The molecule has 0 aliphatic rings. The highest BCUT2D eigenvalue weighted by atomic mass is 32.2. The van der Waals surface area contributed by atoms with Crippen LogP contribution in [-0.2, 0) is 21.9 Å². The number of aryl methyl sites for hydroxylation is 1. The number of hydrogen-bond acceptors (Lipinski definition) is 5. The summed E-state index contributed by atoms with van der Waals surface area (Å²) in [4.78, 5) is 26.7. The Morgan fingerprint density at radius 1 is 0.921 bits per heavy atom. The van der Waals surface area contributed by atoms with E-state index >= 15 is 0 Å². The summed E-state index contributed by atoms with van der Waals surface area (Å²) < 4.78 is 31.3. The van der Waals surface area contributed by atoms with E-state index in [2.05, 4.69) is 10.5 Å². The van der Waals surface area contributed by atoms with Gasteiger partial charge in [-0.2, -0.15) is 5.10 Å². The summed E-state index contributed by atoms with van der Waals surface area (Å²) in [6.07, 6.45) is 0. The lowest BCUT2D eigenvalue weighted by molar-refractivity contribution is -0.119. The van der Waals surface area contributed by atoms with Gasteiger partial charge in [-0.15, -0.1) is 0 Å². The predicted octanol–water partition coefficient (Wildman–Crippen LogP) is 3.53. The molecule has 10 heteroatoms. The smallest absolute Gasteiger partial charge is 0.283 e. The van der Waals surface area contributed by atoms with E-state index in [4.69, 9.17) is 0 Å². The Morgan fingerprint density at radius 3 is 2.11 bits per heavy atom. The fourth-order valence-corrected chi connectivity index (χ4v) is 5.51. The first kappa shape index (κ1) is 26.6. The molecule has 0 saturated heterocycles. The van der Waals surface area contributed by atoms with Crippen molar-refractivity contribution >= 4 is 27.3 Å². The minimum absolute atomic E-state index is 0.0407. The summed E-state index contributed by atoms with van der Waals surface area (Å²) >= 11 is 0. The number of carbonyl (C=O) groups is 1. The number of sulfonamides is 1. The maximum absolute atomic E-state index is 13.8. The third kappa shape index (κ3) is 5.30. The highest BCUT2D eigenvalue weighted by Gasteiger charge is 2.33. The van der Waals surface area contributed by atoms with Crippen molar-refractivity contribution in [3.63, 3.8) is 0 Å².